The summed E-state index contributed by atoms with van der Waals surface area (Å²) in [7, 11) is 0. The van der Waals surface area contributed by atoms with Gasteiger partial charge in [0, 0.05) is 11.6 Å². The van der Waals surface area contributed by atoms with E-state index in [4.69, 9.17) is 12.2 Å². The van der Waals surface area contributed by atoms with Crippen LogP contribution in [0, 0.1) is 5.92 Å². The van der Waals surface area contributed by atoms with Crippen LogP contribution in [0.15, 0.2) is 24.3 Å². The first-order valence-electron chi connectivity index (χ1n) is 5.76. The molecular weight excluding hydrogens is 202 g/mol. The Labute approximate surface area is 95.9 Å². The molecule has 0 aromatic heterocycles. The monoisotopic (exact) mass is 217 g/mol. The molecule has 1 aromatic carbocycles. The Bertz CT molecular complexity index is 399. The summed E-state index contributed by atoms with van der Waals surface area (Å²) in [5, 5.41) is 3.39. The fourth-order valence-corrected chi connectivity index (χ4v) is 3.37. The molecule has 3 rings (SSSR count). The first kappa shape index (κ1) is 9.34. The van der Waals surface area contributed by atoms with Gasteiger partial charge >= 0.3 is 0 Å². The number of benzene rings is 1. The average molecular weight is 217 g/mol. The molecule has 2 heteroatoms. The highest BCUT2D eigenvalue weighted by Crippen LogP contribution is 2.44. The SMILES string of the molecule is S=C1Nc2ccccc2C2CCCCC12. The highest BCUT2D eigenvalue weighted by molar-refractivity contribution is 7.80. The number of rotatable bonds is 0. The number of hydrogen-bond acceptors (Lipinski definition) is 1. The maximum Gasteiger partial charge on any atom is 0.0834 e. The van der Waals surface area contributed by atoms with Crippen LogP contribution >= 0.6 is 12.2 Å². The second-order valence-corrected chi connectivity index (χ2v) is 5.01. The van der Waals surface area contributed by atoms with Crippen molar-refractivity contribution >= 4 is 22.9 Å². The van der Waals surface area contributed by atoms with Crippen LogP contribution in [0.3, 0.4) is 0 Å². The third-order valence-electron chi connectivity index (χ3n) is 3.72. The molecule has 0 bridgehead atoms. The molecule has 0 saturated heterocycles. The summed E-state index contributed by atoms with van der Waals surface area (Å²) in [6.45, 7) is 0. The van der Waals surface area contributed by atoms with Gasteiger partial charge in [-0.2, -0.15) is 0 Å². The highest BCUT2D eigenvalue weighted by Gasteiger charge is 2.34. The fraction of sp³-hybridized carbons (Fsp3) is 0.462. The smallest absolute Gasteiger partial charge is 0.0834 e. The lowest BCUT2D eigenvalue weighted by Crippen LogP contribution is -2.34. The van der Waals surface area contributed by atoms with E-state index in [0.29, 0.717) is 11.8 Å². The van der Waals surface area contributed by atoms with Gasteiger partial charge in [-0.25, -0.2) is 0 Å². The molecule has 1 aromatic rings. The summed E-state index contributed by atoms with van der Waals surface area (Å²) in [4.78, 5) is 1.07. The summed E-state index contributed by atoms with van der Waals surface area (Å²) in [5.74, 6) is 1.28. The van der Waals surface area contributed by atoms with Crippen LogP contribution in [0.25, 0.3) is 0 Å². The van der Waals surface area contributed by atoms with Gasteiger partial charge in [0.15, 0.2) is 0 Å². The average Bonchev–Trinajstić information content (AvgIpc) is 2.30. The molecule has 15 heavy (non-hydrogen) atoms. The molecule has 2 aliphatic rings. The van der Waals surface area contributed by atoms with Crippen molar-refractivity contribution in [3.8, 4) is 0 Å². The molecule has 1 aliphatic heterocycles. The summed E-state index contributed by atoms with van der Waals surface area (Å²) in [6, 6.07) is 8.62. The van der Waals surface area contributed by atoms with Crippen molar-refractivity contribution in [2.75, 3.05) is 5.32 Å². The Morgan fingerprint density at radius 2 is 1.80 bits per heavy atom. The van der Waals surface area contributed by atoms with Crippen LogP contribution in [-0.2, 0) is 0 Å². The molecular formula is C13H15NS. The van der Waals surface area contributed by atoms with Crippen LogP contribution in [0.5, 0.6) is 0 Å². The van der Waals surface area contributed by atoms with Crippen LogP contribution in [0.2, 0.25) is 0 Å². The van der Waals surface area contributed by atoms with Crippen molar-refractivity contribution in [3.63, 3.8) is 0 Å². The Morgan fingerprint density at radius 1 is 1.07 bits per heavy atom. The first-order chi connectivity index (χ1) is 7.36. The van der Waals surface area contributed by atoms with Gasteiger partial charge in [0.25, 0.3) is 0 Å². The van der Waals surface area contributed by atoms with Gasteiger partial charge in [0.2, 0.25) is 0 Å². The zero-order chi connectivity index (χ0) is 10.3. The van der Waals surface area contributed by atoms with Gasteiger partial charge in [-0.05, 0) is 30.4 Å². The van der Waals surface area contributed by atoms with Gasteiger partial charge in [-0.15, -0.1) is 0 Å². The summed E-state index contributed by atoms with van der Waals surface area (Å²) < 4.78 is 0. The molecule has 0 amide bonds. The van der Waals surface area contributed by atoms with Crippen molar-refractivity contribution in [1.29, 1.82) is 0 Å². The predicted octanol–water partition coefficient (Wildman–Crippen LogP) is 3.71. The fourth-order valence-electron chi connectivity index (χ4n) is 2.98. The Hall–Kier alpha value is -0.890. The Balaban J connectivity index is 2.06. The largest absolute Gasteiger partial charge is 0.350 e. The number of hydrogen-bond donors (Lipinski definition) is 1. The highest BCUT2D eigenvalue weighted by atomic mass is 32.1. The molecule has 0 spiro atoms. The van der Waals surface area contributed by atoms with Crippen LogP contribution in [0.4, 0.5) is 5.69 Å². The maximum atomic E-state index is 5.47. The lowest BCUT2D eigenvalue weighted by Gasteiger charge is -2.38. The van der Waals surface area contributed by atoms with Crippen LogP contribution in [0.1, 0.15) is 37.2 Å². The van der Waals surface area contributed by atoms with Crippen molar-refractivity contribution < 1.29 is 0 Å². The van der Waals surface area contributed by atoms with Crippen molar-refractivity contribution in [3.05, 3.63) is 29.8 Å². The third kappa shape index (κ3) is 1.48. The van der Waals surface area contributed by atoms with Gasteiger partial charge in [0.1, 0.15) is 0 Å². The molecule has 2 atom stereocenters. The van der Waals surface area contributed by atoms with Crippen LogP contribution in [-0.4, -0.2) is 4.99 Å². The standard InChI is InChI=1S/C13H15NS/c15-13-11-7-2-1-5-9(11)10-6-3-4-8-12(10)14-13/h3-4,6,8-9,11H,1-2,5,7H2,(H,14,15). The molecule has 0 radical (unpaired) electrons. The molecule has 1 heterocycles. The topological polar surface area (TPSA) is 12.0 Å². The van der Waals surface area contributed by atoms with Gasteiger partial charge in [-0.3, -0.25) is 0 Å². The molecule has 1 aliphatic carbocycles. The van der Waals surface area contributed by atoms with E-state index in [1.165, 1.54) is 36.9 Å². The van der Waals surface area contributed by atoms with E-state index in [1.54, 1.807) is 0 Å². The minimum atomic E-state index is 0.601. The van der Waals surface area contributed by atoms with E-state index >= 15 is 0 Å². The second kappa shape index (κ2) is 3.60. The molecule has 2 unspecified atom stereocenters. The van der Waals surface area contributed by atoms with Crippen molar-refractivity contribution in [2.45, 2.75) is 31.6 Å². The van der Waals surface area contributed by atoms with Crippen LogP contribution < -0.4 is 5.32 Å². The third-order valence-corrected chi connectivity index (χ3v) is 4.13. The summed E-state index contributed by atoms with van der Waals surface area (Å²) >= 11 is 5.47. The quantitative estimate of drug-likeness (QED) is 0.665. The number of fused-ring (bicyclic) bond motifs is 3. The predicted molar refractivity (Wildman–Crippen MR) is 67.4 cm³/mol. The normalized spacial score (nSPS) is 28.9. The maximum absolute atomic E-state index is 5.47. The van der Waals surface area contributed by atoms with E-state index in [0.717, 1.165) is 4.99 Å². The molecule has 78 valence electrons. The van der Waals surface area contributed by atoms with Crippen molar-refractivity contribution in [2.24, 2.45) is 5.92 Å². The molecule has 1 fully saturated rings. The van der Waals surface area contributed by atoms with Gasteiger partial charge in [-0.1, -0.05) is 43.3 Å². The molecule has 1 N–H and O–H groups in total. The number of anilines is 1. The minimum Gasteiger partial charge on any atom is -0.350 e. The molecule has 1 nitrogen and oxygen atoms in total. The lowest BCUT2D eigenvalue weighted by molar-refractivity contribution is 0.380. The van der Waals surface area contributed by atoms with E-state index in [2.05, 4.69) is 29.6 Å². The summed E-state index contributed by atoms with van der Waals surface area (Å²) in [6.07, 6.45) is 5.28. The van der Waals surface area contributed by atoms with Crippen molar-refractivity contribution in [1.82, 2.24) is 0 Å². The van der Waals surface area contributed by atoms with Gasteiger partial charge in [0.05, 0.1) is 4.99 Å². The van der Waals surface area contributed by atoms with E-state index in [1.807, 2.05) is 0 Å². The number of para-hydroxylation sites is 1. The second-order valence-electron chi connectivity index (χ2n) is 4.57. The molecule has 1 saturated carbocycles. The van der Waals surface area contributed by atoms with Gasteiger partial charge < -0.3 is 5.32 Å². The number of nitrogens with one attached hydrogen (secondary N) is 1. The Kier molecular flexibility index (Phi) is 2.24. The van der Waals surface area contributed by atoms with E-state index in [9.17, 15) is 0 Å². The first-order valence-corrected chi connectivity index (χ1v) is 6.17. The van der Waals surface area contributed by atoms with E-state index < -0.39 is 0 Å². The summed E-state index contributed by atoms with van der Waals surface area (Å²) in [5.41, 5.74) is 2.72. The zero-order valence-corrected chi connectivity index (χ0v) is 9.52. The zero-order valence-electron chi connectivity index (χ0n) is 8.70. The lowest BCUT2D eigenvalue weighted by atomic mass is 9.73. The van der Waals surface area contributed by atoms with E-state index in [-0.39, 0.29) is 0 Å². The Morgan fingerprint density at radius 3 is 2.67 bits per heavy atom. The minimum absolute atomic E-state index is 0.601. The number of thiocarbonyl (C=S) groups is 1.